The van der Waals surface area contributed by atoms with Gasteiger partial charge in [0, 0.05) is 62.1 Å². The van der Waals surface area contributed by atoms with E-state index in [1.165, 1.54) is 12.1 Å². The Morgan fingerprint density at radius 1 is 1.14 bits per heavy atom. The quantitative estimate of drug-likeness (QED) is 0.380. The van der Waals surface area contributed by atoms with Crippen molar-refractivity contribution in [3.8, 4) is 11.1 Å². The first-order chi connectivity index (χ1) is 18.0. The summed E-state index contributed by atoms with van der Waals surface area (Å²) in [5.41, 5.74) is 10.1. The van der Waals surface area contributed by atoms with Crippen LogP contribution in [0.2, 0.25) is 0 Å². The largest absolute Gasteiger partial charge is 0.383 e. The molecule has 1 aliphatic heterocycles. The van der Waals surface area contributed by atoms with Crippen molar-refractivity contribution in [1.82, 2.24) is 14.5 Å². The number of carbonyl (C=O) groups is 1. The molecule has 5 rings (SSSR count). The lowest BCUT2D eigenvalue weighted by atomic mass is 9.88. The standard InChI is InChI=1S/C29H30F2N4O2/c1-37-12-11-35-18-25(28-23(3-2-4-27(28)35)21-14-22(30)17-33-16-21)29(36)34-9-7-20(8-10-34)24-13-19(15-32)5-6-26(24)31/h2-6,13-14,16-18,20H,7-12,15,32H2,1H3. The van der Waals surface area contributed by atoms with Crippen LogP contribution >= 0.6 is 0 Å². The van der Waals surface area contributed by atoms with E-state index in [0.29, 0.717) is 62.3 Å². The molecule has 6 nitrogen and oxygen atoms in total. The van der Waals surface area contributed by atoms with Gasteiger partial charge >= 0.3 is 0 Å². The van der Waals surface area contributed by atoms with Crippen molar-refractivity contribution in [2.24, 2.45) is 5.73 Å². The highest BCUT2D eigenvalue weighted by molar-refractivity contribution is 6.12. The minimum Gasteiger partial charge on any atom is -0.383 e. The second-order valence-corrected chi connectivity index (χ2v) is 9.45. The number of pyridine rings is 1. The van der Waals surface area contributed by atoms with Gasteiger partial charge in [-0.25, -0.2) is 8.78 Å². The summed E-state index contributed by atoms with van der Waals surface area (Å²) in [6, 6.07) is 12.2. The van der Waals surface area contributed by atoms with E-state index in [1.54, 1.807) is 19.4 Å². The molecular formula is C29H30F2N4O2. The third kappa shape index (κ3) is 4.99. The Morgan fingerprint density at radius 2 is 1.95 bits per heavy atom. The molecule has 2 aromatic heterocycles. The van der Waals surface area contributed by atoms with Crippen molar-refractivity contribution >= 4 is 16.8 Å². The van der Waals surface area contributed by atoms with Gasteiger partial charge in [0.05, 0.1) is 18.4 Å². The van der Waals surface area contributed by atoms with Gasteiger partial charge in [-0.3, -0.25) is 9.78 Å². The van der Waals surface area contributed by atoms with E-state index < -0.39 is 5.82 Å². The van der Waals surface area contributed by atoms with E-state index in [1.807, 2.05) is 39.9 Å². The van der Waals surface area contributed by atoms with Crippen LogP contribution < -0.4 is 5.73 Å². The summed E-state index contributed by atoms with van der Waals surface area (Å²) in [4.78, 5) is 19.7. The average molecular weight is 505 g/mol. The van der Waals surface area contributed by atoms with Crippen molar-refractivity contribution < 1.29 is 18.3 Å². The third-order valence-corrected chi connectivity index (χ3v) is 7.21. The SMILES string of the molecule is COCCn1cc(C(=O)N2CCC(c3cc(CN)ccc3F)CC2)c2c(-c3cncc(F)c3)cccc21. The minimum absolute atomic E-state index is 0.0347. The Morgan fingerprint density at radius 3 is 2.68 bits per heavy atom. The Labute approximate surface area is 214 Å². The van der Waals surface area contributed by atoms with Crippen LogP contribution in [0.5, 0.6) is 0 Å². The fourth-order valence-electron chi connectivity index (χ4n) is 5.29. The predicted octanol–water partition coefficient (Wildman–Crippen LogP) is 5.11. The van der Waals surface area contributed by atoms with Gasteiger partial charge in [0.1, 0.15) is 11.6 Å². The number of piperidine rings is 1. The van der Waals surface area contributed by atoms with E-state index in [0.717, 1.165) is 28.2 Å². The van der Waals surface area contributed by atoms with Crippen LogP contribution in [0, 0.1) is 11.6 Å². The summed E-state index contributed by atoms with van der Waals surface area (Å²) >= 11 is 0. The number of hydrogen-bond donors (Lipinski definition) is 1. The van der Waals surface area contributed by atoms with Crippen molar-refractivity contribution in [2.45, 2.75) is 31.8 Å². The highest BCUT2D eigenvalue weighted by Gasteiger charge is 2.29. The smallest absolute Gasteiger partial charge is 0.256 e. The zero-order valence-electron chi connectivity index (χ0n) is 20.8. The molecule has 1 aliphatic rings. The Balaban J connectivity index is 1.47. The average Bonchev–Trinajstić information content (AvgIpc) is 3.30. The number of benzene rings is 2. The zero-order chi connectivity index (χ0) is 25.9. The van der Waals surface area contributed by atoms with E-state index in [9.17, 15) is 13.6 Å². The zero-order valence-corrected chi connectivity index (χ0v) is 20.8. The number of amides is 1. The number of aromatic nitrogens is 2. The summed E-state index contributed by atoms with van der Waals surface area (Å²) in [5, 5.41) is 0.764. The van der Waals surface area contributed by atoms with Crippen LogP contribution in [0.15, 0.2) is 61.1 Å². The van der Waals surface area contributed by atoms with Crippen LogP contribution in [-0.4, -0.2) is 47.2 Å². The lowest BCUT2D eigenvalue weighted by Gasteiger charge is -2.32. The molecule has 0 spiro atoms. The van der Waals surface area contributed by atoms with E-state index >= 15 is 0 Å². The van der Waals surface area contributed by atoms with Crippen molar-refractivity contribution in [3.63, 3.8) is 0 Å². The van der Waals surface area contributed by atoms with Crippen molar-refractivity contribution in [3.05, 3.63) is 89.4 Å². The molecule has 0 radical (unpaired) electrons. The summed E-state index contributed by atoms with van der Waals surface area (Å²) in [6.07, 6.45) is 5.96. The molecule has 1 saturated heterocycles. The normalized spacial score (nSPS) is 14.4. The molecule has 192 valence electrons. The molecule has 37 heavy (non-hydrogen) atoms. The van der Waals surface area contributed by atoms with E-state index in [2.05, 4.69) is 4.98 Å². The number of halogens is 2. The van der Waals surface area contributed by atoms with Gasteiger partial charge in [-0.15, -0.1) is 0 Å². The fourth-order valence-corrected chi connectivity index (χ4v) is 5.29. The monoisotopic (exact) mass is 504 g/mol. The first-order valence-corrected chi connectivity index (χ1v) is 12.5. The predicted molar refractivity (Wildman–Crippen MR) is 139 cm³/mol. The Bertz CT molecular complexity index is 1430. The molecule has 4 aromatic rings. The second kappa shape index (κ2) is 10.8. The highest BCUT2D eigenvalue weighted by atomic mass is 19.1. The first kappa shape index (κ1) is 25.0. The summed E-state index contributed by atoms with van der Waals surface area (Å²) in [6.45, 7) is 2.46. The van der Waals surface area contributed by atoms with Crippen LogP contribution in [0.3, 0.4) is 0 Å². The maximum atomic E-state index is 14.6. The number of ether oxygens (including phenoxy) is 1. The molecule has 0 aliphatic carbocycles. The number of nitrogens with zero attached hydrogens (tertiary/aromatic N) is 3. The molecule has 2 aromatic carbocycles. The molecule has 2 N–H and O–H groups in total. The minimum atomic E-state index is -0.436. The van der Waals surface area contributed by atoms with Crippen LogP contribution in [0.25, 0.3) is 22.0 Å². The van der Waals surface area contributed by atoms with Gasteiger partial charge in [0.25, 0.3) is 5.91 Å². The summed E-state index contributed by atoms with van der Waals surface area (Å²) in [7, 11) is 1.64. The number of likely N-dealkylation sites (tertiary alicyclic amines) is 1. The van der Waals surface area contributed by atoms with Gasteiger partial charge in [-0.05, 0) is 53.6 Å². The molecule has 0 atom stereocenters. The van der Waals surface area contributed by atoms with Crippen LogP contribution in [0.1, 0.15) is 40.2 Å². The molecule has 8 heteroatoms. The van der Waals surface area contributed by atoms with Gasteiger partial charge in [0.2, 0.25) is 0 Å². The molecule has 0 saturated carbocycles. The second-order valence-electron chi connectivity index (χ2n) is 9.45. The number of fused-ring (bicyclic) bond motifs is 1. The maximum Gasteiger partial charge on any atom is 0.256 e. The molecular weight excluding hydrogens is 474 g/mol. The van der Waals surface area contributed by atoms with Gasteiger partial charge in [-0.1, -0.05) is 24.3 Å². The van der Waals surface area contributed by atoms with E-state index in [-0.39, 0.29) is 17.6 Å². The number of carbonyl (C=O) groups excluding carboxylic acids is 1. The fraction of sp³-hybridized carbons (Fsp3) is 0.310. The van der Waals surface area contributed by atoms with Gasteiger partial charge in [0.15, 0.2) is 0 Å². The molecule has 0 unspecified atom stereocenters. The number of hydrogen-bond acceptors (Lipinski definition) is 4. The highest BCUT2D eigenvalue weighted by Crippen LogP contribution is 2.35. The number of nitrogens with two attached hydrogens (primary N) is 1. The lowest BCUT2D eigenvalue weighted by Crippen LogP contribution is -2.38. The number of rotatable bonds is 7. The van der Waals surface area contributed by atoms with Gasteiger partial charge in [-0.2, -0.15) is 0 Å². The lowest BCUT2D eigenvalue weighted by molar-refractivity contribution is 0.0714. The molecule has 0 bridgehead atoms. The first-order valence-electron chi connectivity index (χ1n) is 12.5. The Hall–Kier alpha value is -3.62. The number of methoxy groups -OCH3 is 1. The third-order valence-electron chi connectivity index (χ3n) is 7.21. The summed E-state index contributed by atoms with van der Waals surface area (Å²) in [5.74, 6) is -0.717. The van der Waals surface area contributed by atoms with Crippen molar-refractivity contribution in [2.75, 3.05) is 26.8 Å². The van der Waals surface area contributed by atoms with Crippen molar-refractivity contribution in [1.29, 1.82) is 0 Å². The maximum absolute atomic E-state index is 14.6. The Kier molecular flexibility index (Phi) is 7.30. The van der Waals surface area contributed by atoms with Gasteiger partial charge < -0.3 is 19.9 Å². The van der Waals surface area contributed by atoms with E-state index in [4.69, 9.17) is 10.5 Å². The topological polar surface area (TPSA) is 73.4 Å². The van der Waals surface area contributed by atoms with Crippen LogP contribution in [0.4, 0.5) is 8.78 Å². The summed E-state index contributed by atoms with van der Waals surface area (Å²) < 4.78 is 35.9. The molecule has 1 fully saturated rings. The van der Waals surface area contributed by atoms with Crippen LogP contribution in [-0.2, 0) is 17.8 Å². The molecule has 3 heterocycles. The molecule has 1 amide bonds.